The third-order valence-corrected chi connectivity index (χ3v) is 7.07. The van der Waals surface area contributed by atoms with Crippen LogP contribution in [0.3, 0.4) is 0 Å². The molecule has 0 saturated carbocycles. The summed E-state index contributed by atoms with van der Waals surface area (Å²) < 4.78 is 16.8. The van der Waals surface area contributed by atoms with Crippen LogP contribution in [0.1, 0.15) is 18.4 Å². The second-order valence-corrected chi connectivity index (χ2v) is 10.4. The second kappa shape index (κ2) is 13.0. The van der Waals surface area contributed by atoms with Crippen LogP contribution in [-0.2, 0) is 6.54 Å². The van der Waals surface area contributed by atoms with Crippen molar-refractivity contribution in [2.45, 2.75) is 25.4 Å². The van der Waals surface area contributed by atoms with Gasteiger partial charge in [-0.2, -0.15) is 4.98 Å². The van der Waals surface area contributed by atoms with Gasteiger partial charge in [-0.1, -0.05) is 6.07 Å². The molecule has 0 bridgehead atoms. The number of methoxy groups -OCH3 is 3. The highest BCUT2D eigenvalue weighted by Gasteiger charge is 2.26. The SMILES string of the molecule is COc1cc2nc(NCCCN(C)C)nc(NC3CCN(Cc4c(OC)cccc4N(C)C)C3)c2cc1OC. The second-order valence-electron chi connectivity index (χ2n) is 10.4. The fraction of sp³-hybridized carbons (Fsp3) is 0.517. The van der Waals surface area contributed by atoms with E-state index < -0.39 is 0 Å². The van der Waals surface area contributed by atoms with E-state index in [1.807, 2.05) is 24.3 Å². The Balaban J connectivity index is 1.55. The maximum Gasteiger partial charge on any atom is 0.225 e. The number of benzene rings is 2. The standard InChI is InChI=1S/C29H43N7O3/c1-34(2)14-9-13-30-29-32-23-17-27(39-7)26(38-6)16-21(23)28(33-29)31-20-12-15-36(18-20)19-22-24(35(3)4)10-8-11-25(22)37-5/h8,10-11,16-17,20H,9,12-15,18-19H2,1-7H3,(H2,30,31,32,33). The number of ether oxygens (including phenoxy) is 3. The largest absolute Gasteiger partial charge is 0.496 e. The summed E-state index contributed by atoms with van der Waals surface area (Å²) in [4.78, 5) is 16.5. The van der Waals surface area contributed by atoms with Gasteiger partial charge >= 0.3 is 0 Å². The molecule has 0 spiro atoms. The molecule has 1 saturated heterocycles. The Morgan fingerprint density at radius 1 is 0.974 bits per heavy atom. The Labute approximate surface area is 232 Å². The van der Waals surface area contributed by atoms with Gasteiger partial charge in [0.1, 0.15) is 11.6 Å². The number of fused-ring (bicyclic) bond motifs is 1. The van der Waals surface area contributed by atoms with E-state index in [4.69, 9.17) is 24.2 Å². The molecule has 1 aliphatic rings. The van der Waals surface area contributed by atoms with Crippen LogP contribution < -0.4 is 29.7 Å². The number of aromatic nitrogens is 2. The van der Waals surface area contributed by atoms with E-state index in [1.165, 1.54) is 11.3 Å². The van der Waals surface area contributed by atoms with Crippen molar-refractivity contribution in [1.29, 1.82) is 0 Å². The van der Waals surface area contributed by atoms with Crippen molar-refractivity contribution in [3.8, 4) is 17.2 Å². The van der Waals surface area contributed by atoms with Gasteiger partial charge in [0.25, 0.3) is 0 Å². The van der Waals surface area contributed by atoms with Crippen LogP contribution in [0.15, 0.2) is 30.3 Å². The Hall–Kier alpha value is -3.50. The fourth-order valence-corrected chi connectivity index (χ4v) is 5.07. The maximum atomic E-state index is 5.71. The molecule has 1 aromatic heterocycles. The molecule has 2 aromatic carbocycles. The minimum Gasteiger partial charge on any atom is -0.496 e. The van der Waals surface area contributed by atoms with Gasteiger partial charge < -0.3 is 34.6 Å². The third-order valence-electron chi connectivity index (χ3n) is 7.07. The zero-order valence-corrected chi connectivity index (χ0v) is 24.4. The molecule has 2 N–H and O–H groups in total. The van der Waals surface area contributed by atoms with Gasteiger partial charge in [0.2, 0.25) is 5.95 Å². The number of hydrogen-bond acceptors (Lipinski definition) is 10. The van der Waals surface area contributed by atoms with E-state index in [-0.39, 0.29) is 6.04 Å². The predicted molar refractivity (Wildman–Crippen MR) is 159 cm³/mol. The van der Waals surface area contributed by atoms with Crippen molar-refractivity contribution in [3.05, 3.63) is 35.9 Å². The van der Waals surface area contributed by atoms with Crippen LogP contribution in [0.25, 0.3) is 10.9 Å². The molecule has 10 nitrogen and oxygen atoms in total. The quantitative estimate of drug-likeness (QED) is 0.314. The number of rotatable bonds is 13. The highest BCUT2D eigenvalue weighted by atomic mass is 16.5. The zero-order valence-electron chi connectivity index (χ0n) is 24.4. The molecule has 2 heterocycles. The van der Waals surface area contributed by atoms with Crippen LogP contribution in [0.4, 0.5) is 17.5 Å². The Morgan fingerprint density at radius 2 is 1.72 bits per heavy atom. The molecule has 39 heavy (non-hydrogen) atoms. The van der Waals surface area contributed by atoms with Gasteiger partial charge in [0.15, 0.2) is 11.5 Å². The lowest BCUT2D eigenvalue weighted by atomic mass is 10.1. The number of likely N-dealkylation sites (tertiary alicyclic amines) is 1. The molecule has 1 atom stereocenters. The first kappa shape index (κ1) is 28.5. The first-order chi connectivity index (χ1) is 18.8. The van der Waals surface area contributed by atoms with Crippen molar-refractivity contribution in [2.75, 3.05) is 91.2 Å². The summed E-state index contributed by atoms with van der Waals surface area (Å²) in [5, 5.41) is 8.04. The van der Waals surface area contributed by atoms with E-state index >= 15 is 0 Å². The monoisotopic (exact) mass is 537 g/mol. The molecule has 3 aromatic rings. The Kier molecular flexibility index (Phi) is 9.53. The van der Waals surface area contributed by atoms with Gasteiger partial charge in [-0.15, -0.1) is 0 Å². The minimum atomic E-state index is 0.246. The molecule has 212 valence electrons. The average molecular weight is 538 g/mol. The van der Waals surface area contributed by atoms with Crippen molar-refractivity contribution < 1.29 is 14.2 Å². The average Bonchev–Trinajstić information content (AvgIpc) is 3.36. The molecule has 0 aliphatic carbocycles. The highest BCUT2D eigenvalue weighted by molar-refractivity contribution is 5.92. The van der Waals surface area contributed by atoms with E-state index in [9.17, 15) is 0 Å². The summed E-state index contributed by atoms with van der Waals surface area (Å²) in [6.45, 7) is 4.49. The fourth-order valence-electron chi connectivity index (χ4n) is 5.07. The first-order valence-corrected chi connectivity index (χ1v) is 13.5. The van der Waals surface area contributed by atoms with Crippen molar-refractivity contribution in [3.63, 3.8) is 0 Å². The first-order valence-electron chi connectivity index (χ1n) is 13.5. The number of anilines is 3. The van der Waals surface area contributed by atoms with E-state index in [2.05, 4.69) is 59.6 Å². The van der Waals surface area contributed by atoms with Crippen LogP contribution >= 0.6 is 0 Å². The van der Waals surface area contributed by atoms with Crippen LogP contribution in [0, 0.1) is 0 Å². The van der Waals surface area contributed by atoms with Gasteiger partial charge in [0, 0.05) is 69.0 Å². The summed E-state index contributed by atoms with van der Waals surface area (Å²) in [5.41, 5.74) is 3.19. The lowest BCUT2D eigenvalue weighted by molar-refractivity contribution is 0.319. The summed E-state index contributed by atoms with van der Waals surface area (Å²) in [7, 11) is 13.3. The van der Waals surface area contributed by atoms with Crippen LogP contribution in [-0.4, -0.2) is 102 Å². The molecule has 0 amide bonds. The summed E-state index contributed by atoms with van der Waals surface area (Å²) >= 11 is 0. The molecular weight excluding hydrogens is 494 g/mol. The zero-order chi connectivity index (χ0) is 27.9. The van der Waals surface area contributed by atoms with Crippen LogP contribution in [0.5, 0.6) is 17.2 Å². The highest BCUT2D eigenvalue weighted by Crippen LogP contribution is 2.36. The van der Waals surface area contributed by atoms with Gasteiger partial charge in [-0.05, 0) is 51.7 Å². The Morgan fingerprint density at radius 3 is 2.41 bits per heavy atom. The van der Waals surface area contributed by atoms with E-state index in [0.717, 1.165) is 68.0 Å². The molecular formula is C29H43N7O3. The summed E-state index contributed by atoms with van der Waals surface area (Å²) in [6, 6.07) is 10.3. The molecule has 1 unspecified atom stereocenters. The number of nitrogens with one attached hydrogen (secondary N) is 2. The molecule has 4 rings (SSSR count). The minimum absolute atomic E-state index is 0.246. The Bertz CT molecular complexity index is 1250. The van der Waals surface area contributed by atoms with Crippen molar-refractivity contribution >= 4 is 28.4 Å². The molecule has 0 radical (unpaired) electrons. The van der Waals surface area contributed by atoms with Gasteiger partial charge in [0.05, 0.1) is 26.8 Å². The van der Waals surface area contributed by atoms with E-state index in [1.54, 1.807) is 21.3 Å². The third kappa shape index (κ3) is 6.93. The number of hydrogen-bond donors (Lipinski definition) is 2. The lowest BCUT2D eigenvalue weighted by Gasteiger charge is -2.24. The van der Waals surface area contributed by atoms with Crippen molar-refractivity contribution in [1.82, 2.24) is 19.8 Å². The molecule has 10 heteroatoms. The molecule has 1 fully saturated rings. The maximum absolute atomic E-state index is 5.71. The van der Waals surface area contributed by atoms with E-state index in [0.29, 0.717) is 17.4 Å². The van der Waals surface area contributed by atoms with Gasteiger partial charge in [-0.25, -0.2) is 4.98 Å². The lowest BCUT2D eigenvalue weighted by Crippen LogP contribution is -2.27. The molecule has 1 aliphatic heterocycles. The van der Waals surface area contributed by atoms with Crippen LogP contribution in [0.2, 0.25) is 0 Å². The number of nitrogens with zero attached hydrogens (tertiary/aromatic N) is 5. The topological polar surface area (TPSA) is 87.2 Å². The van der Waals surface area contributed by atoms with Gasteiger partial charge in [-0.3, -0.25) is 4.90 Å². The summed E-state index contributed by atoms with van der Waals surface area (Å²) in [6.07, 6.45) is 2.01. The smallest absolute Gasteiger partial charge is 0.225 e. The summed E-state index contributed by atoms with van der Waals surface area (Å²) in [5.74, 6) is 3.63. The normalized spacial score (nSPS) is 15.5. The predicted octanol–water partition coefficient (Wildman–Crippen LogP) is 3.77. The van der Waals surface area contributed by atoms with Crippen molar-refractivity contribution in [2.24, 2.45) is 0 Å².